The lowest BCUT2D eigenvalue weighted by Gasteiger charge is -2.11. The molecule has 1 rings (SSSR count). The minimum Gasteiger partial charge on any atom is -0.492 e. The quantitative estimate of drug-likeness (QED) is 0.426. The van der Waals surface area contributed by atoms with Crippen molar-refractivity contribution in [3.63, 3.8) is 0 Å². The summed E-state index contributed by atoms with van der Waals surface area (Å²) in [5, 5.41) is 0. The number of carbonyl (C=O) groups excluding carboxylic acids is 1. The van der Waals surface area contributed by atoms with Crippen LogP contribution in [0.2, 0.25) is 0 Å². The van der Waals surface area contributed by atoms with Crippen LogP contribution in [0.4, 0.5) is 0 Å². The number of ether oxygens (including phenoxy) is 1. The summed E-state index contributed by atoms with van der Waals surface area (Å²) in [6, 6.07) is 3.62. The molecule has 78 valence electrons. The minimum atomic E-state index is 0.513. The number of rotatable bonds is 4. The van der Waals surface area contributed by atoms with Crippen molar-refractivity contribution in [1.29, 1.82) is 0 Å². The van der Waals surface area contributed by atoms with Crippen molar-refractivity contribution in [2.45, 2.75) is 20.3 Å². The van der Waals surface area contributed by atoms with E-state index in [4.69, 9.17) is 11.2 Å². The molecular weight excluding hydrogens is 188 g/mol. The first-order valence-electron chi connectivity index (χ1n) is 4.81. The van der Waals surface area contributed by atoms with Gasteiger partial charge in [0.1, 0.15) is 12.0 Å². The van der Waals surface area contributed by atoms with Gasteiger partial charge in [0, 0.05) is 12.0 Å². The SMILES string of the molecule is C#CCCOc1c(C)cc(C=O)cc1C. The molecule has 0 saturated heterocycles. The van der Waals surface area contributed by atoms with E-state index in [-0.39, 0.29) is 0 Å². The standard InChI is InChI=1S/C13H14O2/c1-4-5-6-15-13-10(2)7-12(9-14)8-11(13)3/h1,7-9H,5-6H2,2-3H3. The van der Waals surface area contributed by atoms with Crippen LogP contribution in [0.3, 0.4) is 0 Å². The molecule has 0 spiro atoms. The summed E-state index contributed by atoms with van der Waals surface area (Å²) in [5.41, 5.74) is 2.61. The Kier molecular flexibility index (Phi) is 3.93. The van der Waals surface area contributed by atoms with Crippen molar-refractivity contribution in [3.8, 4) is 18.1 Å². The number of hydrogen-bond donors (Lipinski definition) is 0. The molecule has 0 fully saturated rings. The zero-order valence-electron chi connectivity index (χ0n) is 9.04. The molecule has 0 atom stereocenters. The topological polar surface area (TPSA) is 26.3 Å². The fourth-order valence-electron chi connectivity index (χ4n) is 1.49. The number of benzene rings is 1. The van der Waals surface area contributed by atoms with Crippen LogP contribution in [-0.2, 0) is 0 Å². The molecule has 15 heavy (non-hydrogen) atoms. The molecule has 0 radical (unpaired) electrons. The van der Waals surface area contributed by atoms with Gasteiger partial charge in [0.15, 0.2) is 0 Å². The van der Waals surface area contributed by atoms with E-state index >= 15 is 0 Å². The van der Waals surface area contributed by atoms with Gasteiger partial charge < -0.3 is 4.74 Å². The molecule has 2 nitrogen and oxygen atoms in total. The van der Waals surface area contributed by atoms with E-state index in [2.05, 4.69) is 5.92 Å². The Bertz CT molecular complexity index is 376. The summed E-state index contributed by atoms with van der Waals surface area (Å²) in [6.07, 6.45) is 6.57. The van der Waals surface area contributed by atoms with E-state index in [1.165, 1.54) is 0 Å². The van der Waals surface area contributed by atoms with Gasteiger partial charge >= 0.3 is 0 Å². The first-order valence-corrected chi connectivity index (χ1v) is 4.81. The average Bonchev–Trinajstić information content (AvgIpc) is 2.22. The summed E-state index contributed by atoms with van der Waals surface area (Å²) < 4.78 is 5.55. The predicted molar refractivity (Wildman–Crippen MR) is 60.2 cm³/mol. The molecule has 0 saturated carbocycles. The second kappa shape index (κ2) is 5.21. The molecular formula is C13H14O2. The average molecular weight is 202 g/mol. The van der Waals surface area contributed by atoms with E-state index in [0.717, 1.165) is 23.2 Å². The Morgan fingerprint density at radius 2 is 2.00 bits per heavy atom. The van der Waals surface area contributed by atoms with Crippen molar-refractivity contribution >= 4 is 6.29 Å². The second-order valence-corrected chi connectivity index (χ2v) is 3.40. The van der Waals surface area contributed by atoms with Gasteiger partial charge in [-0.25, -0.2) is 0 Å². The van der Waals surface area contributed by atoms with Gasteiger partial charge in [0.25, 0.3) is 0 Å². The monoisotopic (exact) mass is 202 g/mol. The Morgan fingerprint density at radius 3 is 2.47 bits per heavy atom. The number of aryl methyl sites for hydroxylation is 2. The van der Waals surface area contributed by atoms with Gasteiger partial charge in [-0.3, -0.25) is 4.79 Å². The van der Waals surface area contributed by atoms with Crippen LogP contribution in [0.1, 0.15) is 27.9 Å². The zero-order valence-corrected chi connectivity index (χ0v) is 9.04. The van der Waals surface area contributed by atoms with Crippen LogP contribution in [0.25, 0.3) is 0 Å². The Labute approximate surface area is 90.3 Å². The van der Waals surface area contributed by atoms with Crippen molar-refractivity contribution < 1.29 is 9.53 Å². The number of aldehydes is 1. The normalized spacial score (nSPS) is 9.40. The summed E-state index contributed by atoms with van der Waals surface area (Å²) in [4.78, 5) is 10.6. The van der Waals surface area contributed by atoms with Crippen LogP contribution >= 0.6 is 0 Å². The largest absolute Gasteiger partial charge is 0.492 e. The van der Waals surface area contributed by atoms with Crippen LogP contribution in [0.5, 0.6) is 5.75 Å². The smallest absolute Gasteiger partial charge is 0.150 e. The van der Waals surface area contributed by atoms with E-state index in [1.54, 1.807) is 0 Å². The molecule has 0 aliphatic carbocycles. The van der Waals surface area contributed by atoms with E-state index < -0.39 is 0 Å². The highest BCUT2D eigenvalue weighted by molar-refractivity contribution is 5.76. The lowest BCUT2D eigenvalue weighted by Crippen LogP contribution is -2.00. The summed E-state index contributed by atoms with van der Waals surface area (Å²) in [6.45, 7) is 4.36. The van der Waals surface area contributed by atoms with Crippen LogP contribution in [-0.4, -0.2) is 12.9 Å². The summed E-state index contributed by atoms with van der Waals surface area (Å²) in [7, 11) is 0. The zero-order chi connectivity index (χ0) is 11.3. The Morgan fingerprint density at radius 1 is 1.40 bits per heavy atom. The minimum absolute atomic E-state index is 0.513. The third kappa shape index (κ3) is 2.85. The highest BCUT2D eigenvalue weighted by Gasteiger charge is 2.05. The van der Waals surface area contributed by atoms with Crippen molar-refractivity contribution in [3.05, 3.63) is 28.8 Å². The molecule has 0 N–H and O–H groups in total. The molecule has 0 aliphatic heterocycles. The lowest BCUT2D eigenvalue weighted by atomic mass is 10.1. The van der Waals surface area contributed by atoms with Crippen LogP contribution < -0.4 is 4.74 Å². The molecule has 1 aromatic rings. The van der Waals surface area contributed by atoms with Crippen molar-refractivity contribution in [1.82, 2.24) is 0 Å². The molecule has 2 heteroatoms. The third-order valence-corrected chi connectivity index (χ3v) is 2.11. The van der Waals surface area contributed by atoms with Gasteiger partial charge in [-0.15, -0.1) is 12.3 Å². The van der Waals surface area contributed by atoms with Crippen molar-refractivity contribution in [2.75, 3.05) is 6.61 Å². The molecule has 0 heterocycles. The highest BCUT2D eigenvalue weighted by Crippen LogP contribution is 2.24. The van der Waals surface area contributed by atoms with Gasteiger partial charge in [0.2, 0.25) is 0 Å². The number of hydrogen-bond acceptors (Lipinski definition) is 2. The maximum Gasteiger partial charge on any atom is 0.150 e. The number of terminal acetylenes is 1. The molecule has 0 unspecified atom stereocenters. The summed E-state index contributed by atoms with van der Waals surface area (Å²) in [5.74, 6) is 3.35. The van der Waals surface area contributed by atoms with Gasteiger partial charge in [-0.2, -0.15) is 0 Å². The first kappa shape index (κ1) is 11.3. The fourth-order valence-corrected chi connectivity index (χ4v) is 1.49. The van der Waals surface area contributed by atoms with E-state index in [1.807, 2.05) is 26.0 Å². The molecule has 0 aromatic heterocycles. The molecule has 0 aliphatic rings. The third-order valence-electron chi connectivity index (χ3n) is 2.11. The number of carbonyl (C=O) groups is 1. The maximum atomic E-state index is 10.6. The molecule has 1 aromatic carbocycles. The highest BCUT2D eigenvalue weighted by atomic mass is 16.5. The van der Waals surface area contributed by atoms with E-state index in [0.29, 0.717) is 18.6 Å². The predicted octanol–water partition coefficient (Wildman–Crippen LogP) is 2.52. The maximum absolute atomic E-state index is 10.6. The van der Waals surface area contributed by atoms with Gasteiger partial charge in [-0.05, 0) is 37.1 Å². The summed E-state index contributed by atoms with van der Waals surface area (Å²) >= 11 is 0. The van der Waals surface area contributed by atoms with Gasteiger partial charge in [-0.1, -0.05) is 0 Å². The first-order chi connectivity index (χ1) is 7.19. The lowest BCUT2D eigenvalue weighted by molar-refractivity contribution is 0.112. The second-order valence-electron chi connectivity index (χ2n) is 3.40. The Hall–Kier alpha value is -1.75. The van der Waals surface area contributed by atoms with Crippen LogP contribution in [0.15, 0.2) is 12.1 Å². The molecule has 0 bridgehead atoms. The van der Waals surface area contributed by atoms with E-state index in [9.17, 15) is 4.79 Å². The van der Waals surface area contributed by atoms with Gasteiger partial charge in [0.05, 0.1) is 6.61 Å². The molecule has 0 amide bonds. The fraction of sp³-hybridized carbons (Fsp3) is 0.308. The van der Waals surface area contributed by atoms with Crippen LogP contribution in [0, 0.1) is 26.2 Å². The van der Waals surface area contributed by atoms with Crippen molar-refractivity contribution in [2.24, 2.45) is 0 Å². The Balaban J connectivity index is 2.89.